The van der Waals surface area contributed by atoms with Crippen molar-refractivity contribution in [1.29, 1.82) is 0 Å². The lowest BCUT2D eigenvalue weighted by atomic mass is 9.96. The van der Waals surface area contributed by atoms with E-state index in [0.29, 0.717) is 15.7 Å². The van der Waals surface area contributed by atoms with Gasteiger partial charge in [-0.3, -0.25) is 4.79 Å². The highest BCUT2D eigenvalue weighted by Gasteiger charge is 2.26. The van der Waals surface area contributed by atoms with Crippen LogP contribution in [-0.2, 0) is 4.79 Å². The molecule has 1 aliphatic rings. The van der Waals surface area contributed by atoms with Gasteiger partial charge in [0.25, 0.3) is 0 Å². The number of hydrogen-bond donors (Lipinski definition) is 1. The van der Waals surface area contributed by atoms with Crippen molar-refractivity contribution in [2.24, 2.45) is 5.92 Å². The molecule has 0 aliphatic carbocycles. The van der Waals surface area contributed by atoms with Gasteiger partial charge in [0.2, 0.25) is 11.9 Å². The van der Waals surface area contributed by atoms with Gasteiger partial charge in [-0.1, -0.05) is 23.2 Å². The number of aromatic nitrogens is 2. The van der Waals surface area contributed by atoms with Crippen LogP contribution in [0.25, 0.3) is 0 Å². The number of anilines is 2. The van der Waals surface area contributed by atoms with Crippen LogP contribution < -0.4 is 10.2 Å². The van der Waals surface area contributed by atoms with Crippen molar-refractivity contribution in [3.05, 3.63) is 46.2 Å². The van der Waals surface area contributed by atoms with E-state index in [0.717, 1.165) is 37.6 Å². The Kier molecular flexibility index (Phi) is 5.21. The molecular weight excluding hydrogens is 347 g/mol. The van der Waals surface area contributed by atoms with Gasteiger partial charge in [-0.15, -0.1) is 0 Å². The average Bonchev–Trinajstić information content (AvgIpc) is 2.58. The van der Waals surface area contributed by atoms with E-state index in [1.165, 1.54) is 0 Å². The molecule has 1 aliphatic heterocycles. The lowest BCUT2D eigenvalue weighted by molar-refractivity contribution is -0.120. The first kappa shape index (κ1) is 17.0. The fraction of sp³-hybridized carbons (Fsp3) is 0.353. The molecule has 0 spiro atoms. The Balaban J connectivity index is 1.60. The van der Waals surface area contributed by atoms with Gasteiger partial charge in [-0.25, -0.2) is 9.97 Å². The summed E-state index contributed by atoms with van der Waals surface area (Å²) in [5.41, 5.74) is 1.49. The summed E-state index contributed by atoms with van der Waals surface area (Å²) in [6.45, 7) is 3.45. The normalized spacial score (nSPS) is 15.4. The van der Waals surface area contributed by atoms with Crippen molar-refractivity contribution in [3.8, 4) is 0 Å². The SMILES string of the molecule is Cc1ccnc(N2CCC(C(=O)Nc3cc(Cl)ccc3Cl)CC2)n1. The molecule has 1 saturated heterocycles. The Morgan fingerprint density at radius 1 is 1.25 bits per heavy atom. The number of nitrogens with zero attached hydrogens (tertiary/aromatic N) is 3. The molecule has 3 rings (SSSR count). The summed E-state index contributed by atoms with van der Waals surface area (Å²) in [6, 6.07) is 6.91. The highest BCUT2D eigenvalue weighted by atomic mass is 35.5. The number of hydrogen-bond acceptors (Lipinski definition) is 4. The summed E-state index contributed by atoms with van der Waals surface area (Å²) in [5.74, 6) is 0.650. The summed E-state index contributed by atoms with van der Waals surface area (Å²) in [5, 5.41) is 3.91. The van der Waals surface area contributed by atoms with Gasteiger partial charge in [-0.05, 0) is 44.0 Å². The van der Waals surface area contributed by atoms with Crippen LogP contribution in [0.1, 0.15) is 18.5 Å². The molecule has 24 heavy (non-hydrogen) atoms. The van der Waals surface area contributed by atoms with E-state index in [9.17, 15) is 4.79 Å². The summed E-state index contributed by atoms with van der Waals surface area (Å²) >= 11 is 12.1. The predicted octanol–water partition coefficient (Wildman–Crippen LogP) is 3.95. The maximum atomic E-state index is 12.5. The summed E-state index contributed by atoms with van der Waals surface area (Å²) in [6.07, 6.45) is 3.26. The molecule has 0 atom stereocenters. The van der Waals surface area contributed by atoms with Crippen LogP contribution in [0, 0.1) is 12.8 Å². The predicted molar refractivity (Wildman–Crippen MR) is 96.8 cm³/mol. The maximum absolute atomic E-state index is 12.5. The highest BCUT2D eigenvalue weighted by molar-refractivity contribution is 6.35. The van der Waals surface area contributed by atoms with E-state index in [1.54, 1.807) is 24.4 Å². The van der Waals surface area contributed by atoms with Crippen molar-refractivity contribution >= 4 is 40.7 Å². The number of nitrogens with one attached hydrogen (secondary N) is 1. The molecule has 2 heterocycles. The second-order valence-corrected chi connectivity index (χ2v) is 6.72. The summed E-state index contributed by atoms with van der Waals surface area (Å²) in [4.78, 5) is 23.3. The largest absolute Gasteiger partial charge is 0.341 e. The molecule has 5 nitrogen and oxygen atoms in total. The molecule has 0 saturated carbocycles. The monoisotopic (exact) mass is 364 g/mol. The third-order valence-corrected chi connectivity index (χ3v) is 4.68. The molecule has 2 aromatic rings. The molecule has 7 heteroatoms. The number of aryl methyl sites for hydroxylation is 1. The van der Waals surface area contributed by atoms with E-state index in [-0.39, 0.29) is 11.8 Å². The number of piperidine rings is 1. The number of carbonyl (C=O) groups excluding carboxylic acids is 1. The van der Waals surface area contributed by atoms with Crippen LogP contribution in [-0.4, -0.2) is 29.0 Å². The first-order valence-corrected chi connectivity index (χ1v) is 8.59. The van der Waals surface area contributed by atoms with Crippen molar-refractivity contribution in [2.45, 2.75) is 19.8 Å². The third kappa shape index (κ3) is 3.97. The Hall–Kier alpha value is -1.85. The lowest BCUT2D eigenvalue weighted by Crippen LogP contribution is -2.39. The molecule has 1 N–H and O–H groups in total. The maximum Gasteiger partial charge on any atom is 0.227 e. The van der Waals surface area contributed by atoms with Gasteiger partial charge in [0.15, 0.2) is 0 Å². The molecule has 1 fully saturated rings. The summed E-state index contributed by atoms with van der Waals surface area (Å²) in [7, 11) is 0. The second kappa shape index (κ2) is 7.36. The molecule has 0 bridgehead atoms. The van der Waals surface area contributed by atoms with Crippen LogP contribution in [0.2, 0.25) is 10.0 Å². The second-order valence-electron chi connectivity index (χ2n) is 5.87. The van der Waals surface area contributed by atoms with Gasteiger partial charge in [0, 0.05) is 35.9 Å². The van der Waals surface area contributed by atoms with Gasteiger partial charge >= 0.3 is 0 Å². The minimum absolute atomic E-state index is 0.0241. The minimum Gasteiger partial charge on any atom is -0.341 e. The number of benzene rings is 1. The zero-order chi connectivity index (χ0) is 17.1. The number of carbonyl (C=O) groups is 1. The average molecular weight is 365 g/mol. The first-order chi connectivity index (χ1) is 11.5. The topological polar surface area (TPSA) is 58.1 Å². The molecule has 0 radical (unpaired) electrons. The molecule has 0 unspecified atom stereocenters. The standard InChI is InChI=1S/C17H18Cl2N4O/c1-11-4-7-20-17(21-11)23-8-5-12(6-9-23)16(24)22-15-10-13(18)2-3-14(15)19/h2-4,7,10,12H,5-6,8-9H2,1H3,(H,22,24). The van der Waals surface area contributed by atoms with Crippen LogP contribution >= 0.6 is 23.2 Å². The first-order valence-electron chi connectivity index (χ1n) is 7.83. The molecular formula is C17H18Cl2N4O. The minimum atomic E-state index is -0.0545. The van der Waals surface area contributed by atoms with Crippen LogP contribution in [0.15, 0.2) is 30.5 Å². The van der Waals surface area contributed by atoms with Gasteiger partial charge < -0.3 is 10.2 Å². The van der Waals surface area contributed by atoms with Crippen molar-refractivity contribution in [2.75, 3.05) is 23.3 Å². The van der Waals surface area contributed by atoms with Crippen LogP contribution in [0.4, 0.5) is 11.6 Å². The number of halogens is 2. The Bertz CT molecular complexity index is 745. The fourth-order valence-electron chi connectivity index (χ4n) is 2.76. The Labute approximate surface area is 151 Å². The van der Waals surface area contributed by atoms with Gasteiger partial charge in [-0.2, -0.15) is 0 Å². The van der Waals surface area contributed by atoms with Crippen molar-refractivity contribution in [3.63, 3.8) is 0 Å². The quantitative estimate of drug-likeness (QED) is 0.895. The molecule has 1 aromatic carbocycles. The van der Waals surface area contributed by atoms with Gasteiger partial charge in [0.05, 0.1) is 10.7 Å². The summed E-state index contributed by atoms with van der Waals surface area (Å²) < 4.78 is 0. The van der Waals surface area contributed by atoms with E-state index < -0.39 is 0 Å². The molecule has 1 aromatic heterocycles. The third-order valence-electron chi connectivity index (χ3n) is 4.12. The Morgan fingerprint density at radius 3 is 2.71 bits per heavy atom. The van der Waals surface area contributed by atoms with E-state index in [1.807, 2.05) is 13.0 Å². The van der Waals surface area contributed by atoms with Crippen LogP contribution in [0.3, 0.4) is 0 Å². The van der Waals surface area contributed by atoms with E-state index in [2.05, 4.69) is 20.2 Å². The number of amides is 1. The van der Waals surface area contributed by atoms with Crippen molar-refractivity contribution in [1.82, 2.24) is 9.97 Å². The highest BCUT2D eigenvalue weighted by Crippen LogP contribution is 2.27. The smallest absolute Gasteiger partial charge is 0.227 e. The molecule has 126 valence electrons. The zero-order valence-electron chi connectivity index (χ0n) is 13.3. The van der Waals surface area contributed by atoms with E-state index in [4.69, 9.17) is 23.2 Å². The Morgan fingerprint density at radius 2 is 2.00 bits per heavy atom. The van der Waals surface area contributed by atoms with Crippen LogP contribution in [0.5, 0.6) is 0 Å². The lowest BCUT2D eigenvalue weighted by Gasteiger charge is -2.31. The zero-order valence-corrected chi connectivity index (χ0v) is 14.8. The molecule has 1 amide bonds. The van der Waals surface area contributed by atoms with E-state index >= 15 is 0 Å². The number of rotatable bonds is 3. The van der Waals surface area contributed by atoms with Crippen molar-refractivity contribution < 1.29 is 4.79 Å². The van der Waals surface area contributed by atoms with Gasteiger partial charge in [0.1, 0.15) is 0 Å². The fourth-order valence-corrected chi connectivity index (χ4v) is 3.09.